The van der Waals surface area contributed by atoms with Crippen molar-refractivity contribution in [2.24, 2.45) is 5.92 Å². The number of halogens is 6. The van der Waals surface area contributed by atoms with Crippen LogP contribution in [0.3, 0.4) is 0 Å². The summed E-state index contributed by atoms with van der Waals surface area (Å²) < 4.78 is 70.8. The Balaban J connectivity index is 0. The molecule has 0 aliphatic carbocycles. The van der Waals surface area contributed by atoms with Crippen LogP contribution < -0.4 is 10.3 Å². The van der Waals surface area contributed by atoms with E-state index in [0.29, 0.717) is 13.8 Å². The summed E-state index contributed by atoms with van der Waals surface area (Å²) in [5.74, 6) is -3.36. The summed E-state index contributed by atoms with van der Waals surface area (Å²) in [7, 11) is 0. The van der Waals surface area contributed by atoms with Gasteiger partial charge in [0.05, 0.1) is 0 Å². The van der Waals surface area contributed by atoms with Crippen LogP contribution in [0.5, 0.6) is 0 Å². The van der Waals surface area contributed by atoms with Gasteiger partial charge in [0.1, 0.15) is 6.04 Å². The minimum atomic E-state index is -4.83. The Morgan fingerprint density at radius 2 is 1.52 bits per heavy atom. The summed E-state index contributed by atoms with van der Waals surface area (Å²) >= 11 is 0. The van der Waals surface area contributed by atoms with E-state index >= 15 is 0 Å². The van der Waals surface area contributed by atoms with Gasteiger partial charge in [0.25, 0.3) is 0 Å². The van der Waals surface area contributed by atoms with Gasteiger partial charge < -0.3 is 19.9 Å². The summed E-state index contributed by atoms with van der Waals surface area (Å²) in [5.41, 5.74) is 1.24. The van der Waals surface area contributed by atoms with Gasteiger partial charge >= 0.3 is 30.6 Å². The molecule has 0 aliphatic rings. The average molecular weight is 493 g/mol. The number of carbonyl (C=O) groups is 3. The first-order valence-corrected chi connectivity index (χ1v) is 9.38. The molecule has 14 heteroatoms. The second-order valence-electron chi connectivity index (χ2n) is 6.61. The summed E-state index contributed by atoms with van der Waals surface area (Å²) in [5, 5.41) is 12.1. The van der Waals surface area contributed by atoms with Gasteiger partial charge in [-0.05, 0) is 31.4 Å². The lowest BCUT2D eigenvalue weighted by Crippen LogP contribution is -2.41. The maximum Gasteiger partial charge on any atom is 0.575 e. The average Bonchev–Trinajstić information content (AvgIpc) is 2.58. The number of carboxylic acid groups (broad SMARTS) is 1. The van der Waals surface area contributed by atoms with Gasteiger partial charge in [0.15, 0.2) is 12.4 Å². The van der Waals surface area contributed by atoms with Gasteiger partial charge in [0, 0.05) is 25.5 Å². The number of carboxylic acids is 1. The highest BCUT2D eigenvalue weighted by atomic mass is 19.4. The summed E-state index contributed by atoms with van der Waals surface area (Å²) in [6.07, 6.45) is -3.92. The molecule has 0 saturated carbocycles. The van der Waals surface area contributed by atoms with E-state index in [1.54, 1.807) is 0 Å². The molecule has 0 bridgehead atoms. The second kappa shape index (κ2) is 15.8. The van der Waals surface area contributed by atoms with Crippen molar-refractivity contribution in [2.75, 3.05) is 6.54 Å². The van der Waals surface area contributed by atoms with E-state index in [9.17, 15) is 40.7 Å². The molecule has 0 aromatic carbocycles. The SMILES string of the molecule is CC(=O)OC(F)(F)F.CC(=O)OC(F)(F)F.CC(C)C(NCCCc1ccc[nH+]c1)C(=O)O. The highest BCUT2D eigenvalue weighted by Gasteiger charge is 2.32. The molecular weight excluding hydrogens is 466 g/mol. The fraction of sp³-hybridized carbons (Fsp3) is 0.579. The van der Waals surface area contributed by atoms with Gasteiger partial charge in [-0.15, -0.1) is 26.3 Å². The van der Waals surface area contributed by atoms with E-state index < -0.39 is 36.7 Å². The lowest BCUT2D eigenvalue weighted by Gasteiger charge is -2.17. The zero-order valence-corrected chi connectivity index (χ0v) is 18.3. The molecule has 0 aliphatic heterocycles. The molecule has 1 unspecified atom stereocenters. The number of ether oxygens (including phenoxy) is 2. The van der Waals surface area contributed by atoms with Gasteiger partial charge in [-0.1, -0.05) is 13.8 Å². The first kappa shape index (κ1) is 32.3. The first-order valence-electron chi connectivity index (χ1n) is 9.38. The third-order valence-electron chi connectivity index (χ3n) is 3.23. The Kier molecular flexibility index (Phi) is 15.5. The van der Waals surface area contributed by atoms with E-state index in [2.05, 4.69) is 25.8 Å². The van der Waals surface area contributed by atoms with Crippen molar-refractivity contribution in [2.45, 2.75) is 59.3 Å². The van der Waals surface area contributed by atoms with E-state index in [0.717, 1.165) is 19.4 Å². The van der Waals surface area contributed by atoms with Crippen LogP contribution in [0.25, 0.3) is 0 Å². The van der Waals surface area contributed by atoms with Crippen molar-refractivity contribution in [3.05, 3.63) is 30.1 Å². The molecular formula is C19H27F6N2O6+. The Hall–Kier alpha value is -2.90. The molecule has 0 fully saturated rings. The molecule has 190 valence electrons. The third kappa shape index (κ3) is 23.6. The van der Waals surface area contributed by atoms with E-state index in [1.165, 1.54) is 5.56 Å². The predicted molar refractivity (Wildman–Crippen MR) is 101 cm³/mol. The van der Waals surface area contributed by atoms with E-state index in [4.69, 9.17) is 5.11 Å². The van der Waals surface area contributed by atoms with E-state index in [1.807, 2.05) is 32.3 Å². The van der Waals surface area contributed by atoms with Crippen molar-refractivity contribution < 1.29 is 60.3 Å². The van der Waals surface area contributed by atoms with Crippen LogP contribution in [0.15, 0.2) is 24.5 Å². The lowest BCUT2D eigenvalue weighted by atomic mass is 10.0. The van der Waals surface area contributed by atoms with Crippen molar-refractivity contribution in [3.8, 4) is 0 Å². The number of rotatable bonds is 7. The van der Waals surface area contributed by atoms with Gasteiger partial charge in [-0.3, -0.25) is 14.4 Å². The summed E-state index contributed by atoms with van der Waals surface area (Å²) in [6.45, 7) is 5.93. The number of carbonyl (C=O) groups excluding carboxylic acids is 2. The van der Waals surface area contributed by atoms with Crippen LogP contribution >= 0.6 is 0 Å². The maximum atomic E-state index is 10.9. The molecule has 3 N–H and O–H groups in total. The fourth-order valence-electron chi connectivity index (χ4n) is 2.07. The number of hydrogen-bond donors (Lipinski definition) is 2. The summed E-state index contributed by atoms with van der Waals surface area (Å²) in [4.78, 5) is 33.0. The zero-order chi connectivity index (χ0) is 26.2. The number of pyridine rings is 1. The lowest BCUT2D eigenvalue weighted by molar-refractivity contribution is -0.378. The van der Waals surface area contributed by atoms with Crippen molar-refractivity contribution in [1.82, 2.24) is 5.32 Å². The Labute approximate surface area is 186 Å². The molecule has 1 aromatic rings. The number of hydrogen-bond acceptors (Lipinski definition) is 6. The van der Waals surface area contributed by atoms with Crippen molar-refractivity contribution >= 4 is 17.9 Å². The molecule has 0 spiro atoms. The van der Waals surface area contributed by atoms with E-state index in [-0.39, 0.29) is 5.92 Å². The van der Waals surface area contributed by atoms with Gasteiger partial charge in [0.2, 0.25) is 0 Å². The molecule has 1 heterocycles. The Morgan fingerprint density at radius 1 is 1.03 bits per heavy atom. The van der Waals surface area contributed by atoms with Crippen LogP contribution in [0.4, 0.5) is 26.3 Å². The van der Waals surface area contributed by atoms with Crippen LogP contribution in [-0.2, 0) is 30.3 Å². The van der Waals surface area contributed by atoms with Crippen LogP contribution in [0, 0.1) is 5.92 Å². The van der Waals surface area contributed by atoms with Crippen molar-refractivity contribution in [3.63, 3.8) is 0 Å². The quantitative estimate of drug-likeness (QED) is 0.340. The molecule has 0 saturated heterocycles. The predicted octanol–water partition coefficient (Wildman–Crippen LogP) is 3.27. The monoisotopic (exact) mass is 493 g/mol. The minimum absolute atomic E-state index is 0.109. The number of esters is 2. The van der Waals surface area contributed by atoms with Crippen molar-refractivity contribution in [1.29, 1.82) is 0 Å². The smallest absolute Gasteiger partial charge is 0.480 e. The Bertz CT molecular complexity index is 685. The summed E-state index contributed by atoms with van der Waals surface area (Å²) in [6, 6.07) is 3.59. The first-order chi connectivity index (χ1) is 14.9. The number of nitrogens with one attached hydrogen (secondary N) is 2. The molecule has 1 atom stereocenters. The number of aliphatic carboxylic acids is 1. The largest absolute Gasteiger partial charge is 0.575 e. The van der Waals surface area contributed by atoms with Crippen LogP contribution in [0.2, 0.25) is 0 Å². The number of aryl methyl sites for hydroxylation is 1. The molecule has 1 aromatic heterocycles. The number of H-pyrrole nitrogens is 1. The molecule has 33 heavy (non-hydrogen) atoms. The highest BCUT2D eigenvalue weighted by Crippen LogP contribution is 2.16. The van der Waals surface area contributed by atoms with Crippen LogP contribution in [-0.4, -0.2) is 48.3 Å². The number of aromatic amines is 1. The Morgan fingerprint density at radius 3 is 1.79 bits per heavy atom. The minimum Gasteiger partial charge on any atom is -0.480 e. The molecule has 0 amide bonds. The van der Waals surface area contributed by atoms with Crippen LogP contribution in [0.1, 0.15) is 39.7 Å². The highest BCUT2D eigenvalue weighted by molar-refractivity contribution is 5.73. The maximum absolute atomic E-state index is 10.9. The van der Waals surface area contributed by atoms with Gasteiger partial charge in [-0.2, -0.15) is 0 Å². The topological polar surface area (TPSA) is 116 Å². The second-order valence-corrected chi connectivity index (χ2v) is 6.61. The normalized spacial score (nSPS) is 11.8. The molecule has 8 nitrogen and oxygen atoms in total. The number of alkyl halides is 6. The standard InChI is InChI=1S/C13H20N2O2.2C3H3F3O2/c1-10(2)12(13(16)17)15-8-4-6-11-5-3-7-14-9-11;2*1-2(7)8-3(4,5)6/h3,5,7,9-10,12,15H,4,6,8H2,1-2H3,(H,16,17);2*1H3/p+1. The number of aromatic nitrogens is 1. The fourth-order valence-corrected chi connectivity index (χ4v) is 2.07. The molecule has 0 radical (unpaired) electrons. The zero-order valence-electron chi connectivity index (χ0n) is 18.3. The van der Waals surface area contributed by atoms with Gasteiger partial charge in [-0.25, -0.2) is 4.98 Å². The molecule has 1 rings (SSSR count). The third-order valence-corrected chi connectivity index (χ3v) is 3.23.